The Balaban J connectivity index is 2.16. The van der Waals surface area contributed by atoms with E-state index in [1.807, 2.05) is 22.8 Å². The number of rotatable bonds is 3. The van der Waals surface area contributed by atoms with Crippen LogP contribution in [-0.4, -0.2) is 10.5 Å². The molecule has 0 radical (unpaired) electrons. The monoisotopic (exact) mass is 348 g/mol. The van der Waals surface area contributed by atoms with Crippen LogP contribution in [0.2, 0.25) is 5.02 Å². The molecule has 23 heavy (non-hydrogen) atoms. The van der Waals surface area contributed by atoms with Crippen LogP contribution in [0.1, 0.15) is 23.7 Å². The van der Waals surface area contributed by atoms with Crippen molar-refractivity contribution in [3.05, 3.63) is 63.7 Å². The number of carbonyl (C=O) groups is 1. The lowest BCUT2D eigenvalue weighted by Crippen LogP contribution is -2.17. The van der Waals surface area contributed by atoms with Crippen LogP contribution in [0.25, 0.3) is 10.2 Å². The number of aryl methyl sites for hydroxylation is 1. The molecule has 0 unspecified atom stereocenters. The predicted molar refractivity (Wildman–Crippen MR) is 91.4 cm³/mol. The Hall–Kier alpha value is -1.98. The molecule has 0 aliphatic carbocycles. The summed E-state index contributed by atoms with van der Waals surface area (Å²) in [6.45, 7) is 2.78. The van der Waals surface area contributed by atoms with Gasteiger partial charge in [-0.3, -0.25) is 4.79 Å². The van der Waals surface area contributed by atoms with Gasteiger partial charge < -0.3 is 4.57 Å². The largest absolute Gasteiger partial charge is 0.316 e. The number of halogens is 2. The van der Waals surface area contributed by atoms with E-state index >= 15 is 0 Å². The third-order valence-corrected chi connectivity index (χ3v) is 4.67. The topological polar surface area (TPSA) is 34.4 Å². The normalized spacial score (nSPS) is 12.0. The molecule has 0 saturated carbocycles. The minimum atomic E-state index is -0.578. The van der Waals surface area contributed by atoms with Gasteiger partial charge in [0.1, 0.15) is 5.82 Å². The molecule has 0 saturated heterocycles. The van der Waals surface area contributed by atoms with E-state index in [4.69, 9.17) is 11.6 Å². The number of hydrogen-bond donors (Lipinski definition) is 0. The summed E-state index contributed by atoms with van der Waals surface area (Å²) in [7, 11) is 0. The van der Waals surface area contributed by atoms with Gasteiger partial charge in [-0.2, -0.15) is 4.99 Å². The second-order valence-corrected chi connectivity index (χ2v) is 6.49. The molecule has 3 rings (SSSR count). The highest BCUT2D eigenvalue weighted by molar-refractivity contribution is 7.16. The number of carbonyl (C=O) groups excluding carboxylic acids is 1. The van der Waals surface area contributed by atoms with Gasteiger partial charge >= 0.3 is 0 Å². The Morgan fingerprint density at radius 2 is 2.09 bits per heavy atom. The Bertz CT molecular complexity index is 945. The fraction of sp³-hybridized carbons (Fsp3) is 0.176. The van der Waals surface area contributed by atoms with Crippen molar-refractivity contribution in [2.75, 3.05) is 0 Å². The molecule has 0 bridgehead atoms. The first kappa shape index (κ1) is 15.9. The minimum Gasteiger partial charge on any atom is -0.316 e. The number of amides is 1. The van der Waals surface area contributed by atoms with E-state index in [2.05, 4.69) is 11.9 Å². The first-order chi connectivity index (χ1) is 11.1. The van der Waals surface area contributed by atoms with Gasteiger partial charge in [-0.25, -0.2) is 4.39 Å². The molecule has 1 amide bonds. The van der Waals surface area contributed by atoms with Crippen LogP contribution < -0.4 is 4.80 Å². The van der Waals surface area contributed by atoms with Crippen LogP contribution in [0.3, 0.4) is 0 Å². The number of fused-ring (bicyclic) bond motifs is 1. The van der Waals surface area contributed by atoms with Gasteiger partial charge in [0.15, 0.2) is 4.80 Å². The molecule has 0 atom stereocenters. The second kappa shape index (κ2) is 6.64. The average molecular weight is 349 g/mol. The van der Waals surface area contributed by atoms with Crippen molar-refractivity contribution >= 4 is 39.1 Å². The molecular weight excluding hydrogens is 335 g/mol. The van der Waals surface area contributed by atoms with E-state index in [9.17, 15) is 9.18 Å². The summed E-state index contributed by atoms with van der Waals surface area (Å²) >= 11 is 7.41. The van der Waals surface area contributed by atoms with Gasteiger partial charge in [-0.05, 0) is 36.8 Å². The molecule has 0 N–H and O–H groups in total. The van der Waals surface area contributed by atoms with Crippen LogP contribution in [0, 0.1) is 5.82 Å². The summed E-state index contributed by atoms with van der Waals surface area (Å²) in [6, 6.07) is 11.4. The van der Waals surface area contributed by atoms with Gasteiger partial charge in [0.25, 0.3) is 5.91 Å². The van der Waals surface area contributed by atoms with Crippen LogP contribution in [0.4, 0.5) is 4.39 Å². The van der Waals surface area contributed by atoms with Crippen LogP contribution in [0.15, 0.2) is 47.5 Å². The zero-order valence-corrected chi connectivity index (χ0v) is 14.0. The van der Waals surface area contributed by atoms with Gasteiger partial charge in [0.05, 0.1) is 15.8 Å². The van der Waals surface area contributed by atoms with Crippen molar-refractivity contribution in [3.8, 4) is 0 Å². The molecule has 118 valence electrons. The molecule has 0 fully saturated rings. The van der Waals surface area contributed by atoms with Crippen LogP contribution in [-0.2, 0) is 6.54 Å². The SMILES string of the molecule is CCCn1c(=NC(=O)c2ccccc2F)sc2cc(Cl)ccc21. The van der Waals surface area contributed by atoms with E-state index in [-0.39, 0.29) is 5.56 Å². The van der Waals surface area contributed by atoms with Crippen LogP contribution in [0.5, 0.6) is 0 Å². The highest BCUT2D eigenvalue weighted by Gasteiger charge is 2.12. The van der Waals surface area contributed by atoms with Crippen molar-refractivity contribution in [2.45, 2.75) is 19.9 Å². The quantitative estimate of drug-likeness (QED) is 0.678. The minimum absolute atomic E-state index is 0.0222. The molecule has 1 heterocycles. The number of aromatic nitrogens is 1. The first-order valence-corrected chi connectivity index (χ1v) is 8.42. The van der Waals surface area contributed by atoms with Crippen LogP contribution >= 0.6 is 22.9 Å². The summed E-state index contributed by atoms with van der Waals surface area (Å²) in [6.07, 6.45) is 0.898. The zero-order valence-electron chi connectivity index (χ0n) is 12.4. The maximum atomic E-state index is 13.7. The summed E-state index contributed by atoms with van der Waals surface area (Å²) in [5.74, 6) is -1.14. The Labute approximate surface area is 141 Å². The molecule has 6 heteroatoms. The maximum Gasteiger partial charge on any atom is 0.282 e. The number of hydrogen-bond acceptors (Lipinski definition) is 2. The fourth-order valence-corrected chi connectivity index (χ4v) is 3.68. The lowest BCUT2D eigenvalue weighted by molar-refractivity contribution is 0.0994. The van der Waals surface area contributed by atoms with E-state index in [1.165, 1.54) is 23.5 Å². The van der Waals surface area contributed by atoms with E-state index in [0.29, 0.717) is 9.82 Å². The Morgan fingerprint density at radius 1 is 1.30 bits per heavy atom. The standard InChI is InChI=1S/C17H14ClFN2OS/c1-2-9-21-14-8-7-11(18)10-15(14)23-17(21)20-16(22)12-5-3-4-6-13(12)19/h3-8,10H,2,9H2,1H3. The van der Waals surface area contributed by atoms with E-state index in [1.54, 1.807) is 12.1 Å². The molecule has 0 aliphatic rings. The predicted octanol–water partition coefficient (Wildman–Crippen LogP) is 4.65. The number of benzene rings is 2. The zero-order chi connectivity index (χ0) is 16.4. The molecule has 3 nitrogen and oxygen atoms in total. The Kier molecular flexibility index (Phi) is 4.59. The molecule has 3 aromatic rings. The highest BCUT2D eigenvalue weighted by Crippen LogP contribution is 2.22. The third-order valence-electron chi connectivity index (χ3n) is 3.39. The Morgan fingerprint density at radius 3 is 2.83 bits per heavy atom. The van der Waals surface area contributed by atoms with Gasteiger partial charge in [-0.15, -0.1) is 0 Å². The fourth-order valence-electron chi connectivity index (χ4n) is 2.35. The van der Waals surface area contributed by atoms with Crippen molar-refractivity contribution in [1.29, 1.82) is 0 Å². The average Bonchev–Trinajstić information content (AvgIpc) is 2.84. The van der Waals surface area contributed by atoms with Crippen molar-refractivity contribution in [3.63, 3.8) is 0 Å². The van der Waals surface area contributed by atoms with Gasteiger partial charge in [0.2, 0.25) is 0 Å². The third kappa shape index (κ3) is 3.21. The molecule has 0 aliphatic heterocycles. The first-order valence-electron chi connectivity index (χ1n) is 7.22. The highest BCUT2D eigenvalue weighted by atomic mass is 35.5. The van der Waals surface area contributed by atoms with Crippen molar-refractivity contribution in [1.82, 2.24) is 4.57 Å². The summed E-state index contributed by atoms with van der Waals surface area (Å²) < 4.78 is 16.7. The smallest absolute Gasteiger partial charge is 0.282 e. The second-order valence-electron chi connectivity index (χ2n) is 5.05. The van der Waals surface area contributed by atoms with E-state index < -0.39 is 11.7 Å². The lowest BCUT2D eigenvalue weighted by Gasteiger charge is -2.02. The van der Waals surface area contributed by atoms with Gasteiger partial charge in [0, 0.05) is 11.6 Å². The van der Waals surface area contributed by atoms with Crippen molar-refractivity contribution in [2.24, 2.45) is 4.99 Å². The summed E-state index contributed by atoms with van der Waals surface area (Å²) in [4.78, 5) is 17.0. The van der Waals surface area contributed by atoms with Crippen molar-refractivity contribution < 1.29 is 9.18 Å². The molecular formula is C17H14ClFN2OS. The summed E-state index contributed by atoms with van der Waals surface area (Å²) in [5.41, 5.74) is 0.951. The van der Waals surface area contributed by atoms with Gasteiger partial charge in [-0.1, -0.05) is 42.0 Å². The number of thiazole rings is 1. The summed E-state index contributed by atoms with van der Waals surface area (Å²) in [5, 5.41) is 0.634. The molecule has 0 spiro atoms. The van der Waals surface area contributed by atoms with E-state index in [0.717, 1.165) is 23.2 Å². The molecule has 2 aromatic carbocycles. The number of nitrogens with zero attached hydrogens (tertiary/aromatic N) is 2. The molecule has 1 aromatic heterocycles. The maximum absolute atomic E-state index is 13.7. The lowest BCUT2D eigenvalue weighted by atomic mass is 10.2.